The molecule has 3 rings (SSSR count). The molecule has 0 aliphatic rings. The van der Waals surface area contributed by atoms with Crippen LogP contribution in [0.5, 0.6) is 5.88 Å². The highest BCUT2D eigenvalue weighted by atomic mass is 16.3. The van der Waals surface area contributed by atoms with Crippen LogP contribution < -0.4 is 5.73 Å². The number of aromatic amines is 1. The molecule has 0 fully saturated rings. The molecule has 3 aromatic rings. The molecular weight excluding hydrogens is 264 g/mol. The second-order valence-electron chi connectivity index (χ2n) is 5.04. The zero-order chi connectivity index (χ0) is 15.0. The molecular formula is C16H16N4O. The van der Waals surface area contributed by atoms with Crippen molar-refractivity contribution in [2.45, 2.75) is 13.8 Å². The SMILES string of the molecule is CC(=Nc1ccc(C)cn1)c1c(O)[nH]c2ccc(N)cc12. The van der Waals surface area contributed by atoms with E-state index in [1.54, 1.807) is 12.3 Å². The lowest BCUT2D eigenvalue weighted by Gasteiger charge is -2.01. The van der Waals surface area contributed by atoms with Crippen molar-refractivity contribution in [2.75, 3.05) is 5.73 Å². The van der Waals surface area contributed by atoms with Gasteiger partial charge in [0, 0.05) is 22.8 Å². The van der Waals surface area contributed by atoms with Crippen LogP contribution in [-0.4, -0.2) is 20.8 Å². The summed E-state index contributed by atoms with van der Waals surface area (Å²) in [7, 11) is 0. The molecule has 0 amide bonds. The highest BCUT2D eigenvalue weighted by Crippen LogP contribution is 2.30. The summed E-state index contributed by atoms with van der Waals surface area (Å²) in [5, 5.41) is 11.0. The molecule has 0 saturated carbocycles. The van der Waals surface area contributed by atoms with Gasteiger partial charge in [0.15, 0.2) is 11.7 Å². The number of aromatic nitrogens is 2. The van der Waals surface area contributed by atoms with Crippen molar-refractivity contribution in [3.63, 3.8) is 0 Å². The number of anilines is 1. The van der Waals surface area contributed by atoms with Gasteiger partial charge in [-0.25, -0.2) is 9.98 Å². The lowest BCUT2D eigenvalue weighted by atomic mass is 10.1. The van der Waals surface area contributed by atoms with Gasteiger partial charge >= 0.3 is 0 Å². The van der Waals surface area contributed by atoms with E-state index < -0.39 is 0 Å². The van der Waals surface area contributed by atoms with Crippen LogP contribution in [0.2, 0.25) is 0 Å². The zero-order valence-electron chi connectivity index (χ0n) is 11.9. The average Bonchev–Trinajstić information content (AvgIpc) is 2.76. The molecule has 106 valence electrons. The minimum atomic E-state index is 0.0870. The highest BCUT2D eigenvalue weighted by molar-refractivity contribution is 6.13. The summed E-state index contributed by atoms with van der Waals surface area (Å²) in [5.74, 6) is 0.694. The lowest BCUT2D eigenvalue weighted by molar-refractivity contribution is 0.457. The standard InChI is InChI=1S/C16H16N4O/c1-9-3-6-14(18-8-9)19-10(2)15-12-7-11(17)4-5-13(12)20-16(15)21/h3-8,20-21H,17H2,1-2H3. The van der Waals surface area contributed by atoms with Crippen molar-refractivity contribution in [1.82, 2.24) is 9.97 Å². The van der Waals surface area contributed by atoms with Crippen LogP contribution in [0, 0.1) is 6.92 Å². The molecule has 0 bridgehead atoms. The predicted molar refractivity (Wildman–Crippen MR) is 85.2 cm³/mol. The number of benzene rings is 1. The zero-order valence-corrected chi connectivity index (χ0v) is 11.9. The van der Waals surface area contributed by atoms with Gasteiger partial charge < -0.3 is 15.8 Å². The molecule has 0 aliphatic carbocycles. The molecule has 2 heterocycles. The van der Waals surface area contributed by atoms with E-state index in [-0.39, 0.29) is 5.88 Å². The number of fused-ring (bicyclic) bond motifs is 1. The molecule has 0 spiro atoms. The van der Waals surface area contributed by atoms with Crippen LogP contribution in [0.1, 0.15) is 18.1 Å². The lowest BCUT2D eigenvalue weighted by Crippen LogP contribution is -1.94. The van der Waals surface area contributed by atoms with Crippen LogP contribution in [0.15, 0.2) is 41.5 Å². The summed E-state index contributed by atoms with van der Waals surface area (Å²) in [6, 6.07) is 9.25. The van der Waals surface area contributed by atoms with Crippen molar-refractivity contribution >= 4 is 28.1 Å². The first kappa shape index (κ1) is 13.2. The van der Waals surface area contributed by atoms with Gasteiger partial charge in [-0.2, -0.15) is 0 Å². The Morgan fingerprint density at radius 2 is 2.10 bits per heavy atom. The summed E-state index contributed by atoms with van der Waals surface area (Å²) in [6.07, 6.45) is 1.76. The Kier molecular flexibility index (Phi) is 3.10. The number of aryl methyl sites for hydroxylation is 1. The van der Waals surface area contributed by atoms with Crippen LogP contribution in [0.4, 0.5) is 11.5 Å². The maximum atomic E-state index is 10.1. The Balaban J connectivity index is 2.12. The highest BCUT2D eigenvalue weighted by Gasteiger charge is 2.14. The minimum Gasteiger partial charge on any atom is -0.494 e. The van der Waals surface area contributed by atoms with Crippen LogP contribution >= 0.6 is 0 Å². The van der Waals surface area contributed by atoms with Gasteiger partial charge in [0.1, 0.15) is 0 Å². The molecule has 5 nitrogen and oxygen atoms in total. The number of nitrogens with one attached hydrogen (secondary N) is 1. The van der Waals surface area contributed by atoms with Crippen molar-refractivity contribution < 1.29 is 5.11 Å². The van der Waals surface area contributed by atoms with Crippen molar-refractivity contribution in [1.29, 1.82) is 0 Å². The molecule has 4 N–H and O–H groups in total. The summed E-state index contributed by atoms with van der Waals surface area (Å²) in [5.41, 5.74) is 9.70. The Morgan fingerprint density at radius 1 is 1.29 bits per heavy atom. The number of nitrogens with two attached hydrogens (primary N) is 1. The third-order valence-electron chi connectivity index (χ3n) is 3.34. The van der Waals surface area contributed by atoms with Gasteiger partial charge in [-0.05, 0) is 43.7 Å². The van der Waals surface area contributed by atoms with Crippen LogP contribution in [0.25, 0.3) is 10.9 Å². The summed E-state index contributed by atoms with van der Waals surface area (Å²) >= 11 is 0. The molecule has 1 aromatic carbocycles. The van der Waals surface area contributed by atoms with E-state index in [0.717, 1.165) is 16.5 Å². The number of rotatable bonds is 2. The third kappa shape index (κ3) is 2.45. The molecule has 0 aliphatic heterocycles. The third-order valence-corrected chi connectivity index (χ3v) is 3.34. The van der Waals surface area contributed by atoms with Gasteiger partial charge in [-0.3, -0.25) is 0 Å². The fraction of sp³-hybridized carbons (Fsp3) is 0.125. The Morgan fingerprint density at radius 3 is 2.81 bits per heavy atom. The fourth-order valence-electron chi connectivity index (χ4n) is 2.32. The quantitative estimate of drug-likeness (QED) is 0.497. The van der Waals surface area contributed by atoms with Gasteiger partial charge in [0.05, 0.1) is 11.3 Å². The smallest absolute Gasteiger partial charge is 0.198 e. The Hall–Kier alpha value is -2.82. The average molecular weight is 280 g/mol. The first-order valence-electron chi connectivity index (χ1n) is 6.63. The monoisotopic (exact) mass is 280 g/mol. The molecule has 21 heavy (non-hydrogen) atoms. The van der Waals surface area contributed by atoms with E-state index >= 15 is 0 Å². The summed E-state index contributed by atoms with van der Waals surface area (Å²) < 4.78 is 0. The number of nitrogen functional groups attached to an aromatic ring is 1. The van der Waals surface area contributed by atoms with E-state index in [9.17, 15) is 5.11 Å². The van der Waals surface area contributed by atoms with E-state index in [1.165, 1.54) is 0 Å². The second kappa shape index (κ2) is 4.94. The maximum Gasteiger partial charge on any atom is 0.198 e. The first-order valence-corrected chi connectivity index (χ1v) is 6.63. The Bertz CT molecular complexity index is 831. The molecule has 0 unspecified atom stereocenters. The summed E-state index contributed by atoms with van der Waals surface area (Å²) in [4.78, 5) is 11.6. The number of hydrogen-bond acceptors (Lipinski definition) is 4. The first-order chi connectivity index (χ1) is 10.0. The molecule has 0 atom stereocenters. The molecule has 5 heteroatoms. The van der Waals surface area contributed by atoms with E-state index in [1.807, 2.05) is 38.1 Å². The number of pyridine rings is 1. The Labute approximate surface area is 122 Å². The van der Waals surface area contributed by atoms with Crippen molar-refractivity contribution in [3.05, 3.63) is 47.7 Å². The van der Waals surface area contributed by atoms with Crippen LogP contribution in [-0.2, 0) is 0 Å². The minimum absolute atomic E-state index is 0.0870. The van der Waals surface area contributed by atoms with Gasteiger partial charge in [0.2, 0.25) is 0 Å². The molecule has 0 saturated heterocycles. The maximum absolute atomic E-state index is 10.1. The topological polar surface area (TPSA) is 87.3 Å². The van der Waals surface area contributed by atoms with Crippen molar-refractivity contribution in [2.24, 2.45) is 4.99 Å². The van der Waals surface area contributed by atoms with Gasteiger partial charge in [0.25, 0.3) is 0 Å². The molecule has 2 aromatic heterocycles. The fourth-order valence-corrected chi connectivity index (χ4v) is 2.32. The number of aromatic hydroxyl groups is 1. The summed E-state index contributed by atoms with van der Waals surface area (Å²) in [6.45, 7) is 3.81. The number of aliphatic imine (C=N–C) groups is 1. The number of hydrogen-bond donors (Lipinski definition) is 3. The van der Waals surface area contributed by atoms with E-state index in [0.29, 0.717) is 22.8 Å². The molecule has 0 radical (unpaired) electrons. The number of H-pyrrole nitrogens is 1. The van der Waals surface area contributed by atoms with Crippen molar-refractivity contribution in [3.8, 4) is 5.88 Å². The largest absolute Gasteiger partial charge is 0.494 e. The van der Waals surface area contributed by atoms with Crippen LogP contribution in [0.3, 0.4) is 0 Å². The van der Waals surface area contributed by atoms with Gasteiger partial charge in [-0.1, -0.05) is 6.07 Å². The number of nitrogens with zero attached hydrogens (tertiary/aromatic N) is 2. The normalized spacial score (nSPS) is 12.0. The predicted octanol–water partition coefficient (Wildman–Crippen LogP) is 3.30. The van der Waals surface area contributed by atoms with Gasteiger partial charge in [-0.15, -0.1) is 0 Å². The van der Waals surface area contributed by atoms with E-state index in [2.05, 4.69) is 15.0 Å². The van der Waals surface area contributed by atoms with E-state index in [4.69, 9.17) is 5.73 Å². The second-order valence-corrected chi connectivity index (χ2v) is 5.04.